The predicted octanol–water partition coefficient (Wildman–Crippen LogP) is 0.000900. The zero-order chi connectivity index (χ0) is 10.8. The number of carbonyl (C=O) groups is 1. The second kappa shape index (κ2) is 4.28. The highest BCUT2D eigenvalue weighted by molar-refractivity contribution is 5.82. The van der Waals surface area contributed by atoms with Crippen LogP contribution in [0.5, 0.6) is 0 Å². The number of hydrogen-bond donors (Lipinski definition) is 3. The average molecular weight is 200 g/mol. The van der Waals surface area contributed by atoms with Crippen molar-refractivity contribution < 1.29 is 9.90 Å². The van der Waals surface area contributed by atoms with Crippen molar-refractivity contribution in [3.05, 3.63) is 0 Å². The molecule has 0 aliphatic heterocycles. The second-order valence-corrected chi connectivity index (χ2v) is 4.55. The quantitative estimate of drug-likeness (QED) is 0.598. The van der Waals surface area contributed by atoms with Gasteiger partial charge in [-0.3, -0.25) is 4.79 Å². The van der Waals surface area contributed by atoms with Crippen LogP contribution in [0.4, 0.5) is 0 Å². The number of rotatable bonds is 4. The molecule has 0 aromatic rings. The summed E-state index contributed by atoms with van der Waals surface area (Å²) in [4.78, 5) is 11.6. The molecule has 0 unspecified atom stereocenters. The van der Waals surface area contributed by atoms with Crippen LogP contribution in [0.2, 0.25) is 0 Å². The molecule has 1 amide bonds. The molecule has 0 bridgehead atoms. The van der Waals surface area contributed by atoms with E-state index in [1.165, 1.54) is 0 Å². The minimum absolute atomic E-state index is 0.0174. The Labute approximate surface area is 84.9 Å². The largest absolute Gasteiger partial charge is 0.394 e. The van der Waals surface area contributed by atoms with Gasteiger partial charge in [-0.1, -0.05) is 13.8 Å². The maximum absolute atomic E-state index is 11.6. The van der Waals surface area contributed by atoms with Gasteiger partial charge < -0.3 is 16.2 Å². The first kappa shape index (κ1) is 11.5. The van der Waals surface area contributed by atoms with Gasteiger partial charge in [-0.05, 0) is 25.2 Å². The molecule has 1 aliphatic rings. The summed E-state index contributed by atoms with van der Waals surface area (Å²) in [6.45, 7) is 3.84. The lowest BCUT2D eigenvalue weighted by Crippen LogP contribution is -2.60. The molecule has 0 heterocycles. The average Bonchev–Trinajstić information content (AvgIpc) is 2.09. The van der Waals surface area contributed by atoms with Crippen LogP contribution in [0.25, 0.3) is 0 Å². The molecule has 0 aromatic carbocycles. The lowest BCUT2D eigenvalue weighted by molar-refractivity contribution is -0.127. The highest BCUT2D eigenvalue weighted by Crippen LogP contribution is 2.31. The third kappa shape index (κ3) is 2.25. The van der Waals surface area contributed by atoms with E-state index in [4.69, 9.17) is 10.8 Å². The number of aliphatic hydroxyl groups is 1. The van der Waals surface area contributed by atoms with Crippen molar-refractivity contribution >= 4 is 5.91 Å². The topological polar surface area (TPSA) is 75.4 Å². The van der Waals surface area contributed by atoms with Gasteiger partial charge in [0.25, 0.3) is 0 Å². The van der Waals surface area contributed by atoms with Gasteiger partial charge >= 0.3 is 0 Å². The minimum Gasteiger partial charge on any atom is -0.394 e. The summed E-state index contributed by atoms with van der Waals surface area (Å²) in [6, 6.07) is -0.473. The number of aliphatic hydroxyl groups excluding tert-OH is 1. The molecule has 0 aromatic heterocycles. The van der Waals surface area contributed by atoms with Crippen LogP contribution in [0, 0.1) is 5.92 Å². The summed E-state index contributed by atoms with van der Waals surface area (Å²) < 4.78 is 0. The summed E-state index contributed by atoms with van der Waals surface area (Å²) in [5.74, 6) is -0.0143. The van der Waals surface area contributed by atoms with Crippen LogP contribution in [-0.4, -0.2) is 29.2 Å². The van der Waals surface area contributed by atoms with E-state index in [-0.39, 0.29) is 24.0 Å². The molecular weight excluding hydrogens is 180 g/mol. The molecule has 0 radical (unpaired) electrons. The molecule has 4 N–H and O–H groups in total. The van der Waals surface area contributed by atoms with Gasteiger partial charge in [-0.2, -0.15) is 0 Å². The van der Waals surface area contributed by atoms with E-state index in [0.717, 1.165) is 19.3 Å². The Kier molecular flexibility index (Phi) is 3.50. The molecule has 4 heteroatoms. The summed E-state index contributed by atoms with van der Waals surface area (Å²) >= 11 is 0. The van der Waals surface area contributed by atoms with Crippen molar-refractivity contribution in [2.45, 2.75) is 44.7 Å². The molecule has 1 fully saturated rings. The second-order valence-electron chi connectivity index (χ2n) is 4.55. The van der Waals surface area contributed by atoms with E-state index < -0.39 is 6.04 Å². The molecule has 1 saturated carbocycles. The summed E-state index contributed by atoms with van der Waals surface area (Å²) in [5.41, 5.74) is 5.34. The molecule has 1 rings (SSSR count). The van der Waals surface area contributed by atoms with Gasteiger partial charge in [-0.25, -0.2) is 0 Å². The summed E-state index contributed by atoms with van der Waals surface area (Å²) in [5, 5.41) is 12.0. The van der Waals surface area contributed by atoms with Crippen LogP contribution in [0.1, 0.15) is 33.1 Å². The molecule has 1 aliphatic carbocycles. The lowest BCUT2D eigenvalue weighted by Gasteiger charge is -2.41. The maximum Gasteiger partial charge on any atom is 0.237 e. The molecular formula is C10H20N2O2. The summed E-state index contributed by atoms with van der Waals surface area (Å²) in [6.07, 6.45) is 2.79. The lowest BCUT2D eigenvalue weighted by atomic mass is 9.77. The van der Waals surface area contributed by atoms with Crippen molar-refractivity contribution in [2.75, 3.05) is 6.61 Å². The Morgan fingerprint density at radius 3 is 2.43 bits per heavy atom. The van der Waals surface area contributed by atoms with Gasteiger partial charge in [0.1, 0.15) is 0 Å². The zero-order valence-electron chi connectivity index (χ0n) is 8.92. The third-order valence-electron chi connectivity index (χ3n) is 3.02. The van der Waals surface area contributed by atoms with E-state index in [0.29, 0.717) is 0 Å². The Morgan fingerprint density at radius 1 is 1.57 bits per heavy atom. The fourth-order valence-corrected chi connectivity index (χ4v) is 1.57. The summed E-state index contributed by atoms with van der Waals surface area (Å²) in [7, 11) is 0. The minimum atomic E-state index is -0.473. The monoisotopic (exact) mass is 200 g/mol. The van der Waals surface area contributed by atoms with Crippen LogP contribution in [0.3, 0.4) is 0 Å². The standard InChI is InChI=1S/C10H20N2O2/c1-7(2)8(11)9(14)12-10(6-13)4-3-5-10/h7-8,13H,3-6,11H2,1-2H3,(H,12,14)/t8-/m0/s1. The van der Waals surface area contributed by atoms with Crippen LogP contribution in [0.15, 0.2) is 0 Å². The van der Waals surface area contributed by atoms with Crippen molar-refractivity contribution in [1.29, 1.82) is 0 Å². The van der Waals surface area contributed by atoms with Gasteiger partial charge in [0.15, 0.2) is 0 Å². The van der Waals surface area contributed by atoms with Crippen molar-refractivity contribution in [3.8, 4) is 0 Å². The highest BCUT2D eigenvalue weighted by Gasteiger charge is 2.38. The maximum atomic E-state index is 11.6. The molecule has 0 spiro atoms. The molecule has 14 heavy (non-hydrogen) atoms. The van der Waals surface area contributed by atoms with E-state index in [2.05, 4.69) is 5.32 Å². The van der Waals surface area contributed by atoms with E-state index in [9.17, 15) is 4.79 Å². The van der Waals surface area contributed by atoms with Crippen LogP contribution in [-0.2, 0) is 4.79 Å². The van der Waals surface area contributed by atoms with Gasteiger partial charge in [0.2, 0.25) is 5.91 Å². The molecule has 0 saturated heterocycles. The van der Waals surface area contributed by atoms with Crippen molar-refractivity contribution in [2.24, 2.45) is 11.7 Å². The Hall–Kier alpha value is -0.610. The van der Waals surface area contributed by atoms with Crippen molar-refractivity contribution in [1.82, 2.24) is 5.32 Å². The van der Waals surface area contributed by atoms with Crippen LogP contribution >= 0.6 is 0 Å². The zero-order valence-corrected chi connectivity index (χ0v) is 8.92. The Bertz CT molecular complexity index is 207. The first-order valence-corrected chi connectivity index (χ1v) is 5.19. The number of nitrogens with two attached hydrogens (primary N) is 1. The Morgan fingerprint density at radius 2 is 2.14 bits per heavy atom. The number of carbonyl (C=O) groups excluding carboxylic acids is 1. The molecule has 82 valence electrons. The number of hydrogen-bond acceptors (Lipinski definition) is 3. The highest BCUT2D eigenvalue weighted by atomic mass is 16.3. The Balaban J connectivity index is 2.47. The normalized spacial score (nSPS) is 21.5. The predicted molar refractivity (Wildman–Crippen MR) is 54.6 cm³/mol. The van der Waals surface area contributed by atoms with Crippen LogP contribution < -0.4 is 11.1 Å². The first-order chi connectivity index (χ1) is 6.51. The van der Waals surface area contributed by atoms with Gasteiger partial charge in [0.05, 0.1) is 18.2 Å². The van der Waals surface area contributed by atoms with E-state index in [1.54, 1.807) is 0 Å². The van der Waals surface area contributed by atoms with Crippen molar-refractivity contribution in [3.63, 3.8) is 0 Å². The smallest absolute Gasteiger partial charge is 0.237 e. The third-order valence-corrected chi connectivity index (χ3v) is 3.02. The number of nitrogens with one attached hydrogen (secondary N) is 1. The SMILES string of the molecule is CC(C)[C@H](N)C(=O)NC1(CO)CCC1. The van der Waals surface area contributed by atoms with E-state index in [1.807, 2.05) is 13.8 Å². The van der Waals surface area contributed by atoms with Gasteiger partial charge in [0, 0.05) is 0 Å². The molecule has 4 nitrogen and oxygen atoms in total. The fourth-order valence-electron chi connectivity index (χ4n) is 1.57. The first-order valence-electron chi connectivity index (χ1n) is 5.19. The molecule has 1 atom stereocenters. The van der Waals surface area contributed by atoms with E-state index >= 15 is 0 Å². The van der Waals surface area contributed by atoms with Gasteiger partial charge in [-0.15, -0.1) is 0 Å². The number of amides is 1. The fraction of sp³-hybridized carbons (Fsp3) is 0.900.